The van der Waals surface area contributed by atoms with Crippen molar-refractivity contribution in [3.05, 3.63) is 72.3 Å². The molecule has 312 valence electrons. The highest BCUT2D eigenvalue weighted by Gasteiger charge is 2.53. The molecule has 0 bridgehead atoms. The highest BCUT2D eigenvalue weighted by atomic mass is 32.2. The number of methoxy groups -OCH3 is 2. The SMILES string of the molecule is C=CC(=O)N1CCOC[C@@H](S(=O)(=O)c2ccc(N3CC(F)(CN4CCC([C@@](CNC(=O)OC)(c5cccc(F)c5)[C@H]5CCC[C@@H]5NC(=O)OC)CC4)C3)c(F)c2)C1. The molecule has 6 rings (SSSR count). The van der Waals surface area contributed by atoms with Crippen LogP contribution in [0.5, 0.6) is 0 Å². The highest BCUT2D eigenvalue weighted by Crippen LogP contribution is 2.50. The van der Waals surface area contributed by atoms with Crippen LogP contribution in [0.1, 0.15) is 37.7 Å². The number of nitrogens with zero attached hydrogens (tertiary/aromatic N) is 3. The summed E-state index contributed by atoms with van der Waals surface area (Å²) in [7, 11) is -1.51. The molecule has 3 heterocycles. The van der Waals surface area contributed by atoms with Gasteiger partial charge in [0.25, 0.3) is 0 Å². The van der Waals surface area contributed by atoms with E-state index in [9.17, 15) is 27.2 Å². The van der Waals surface area contributed by atoms with Gasteiger partial charge in [0.05, 0.1) is 51.1 Å². The number of alkyl carbamates (subject to hydrolysis) is 2. The van der Waals surface area contributed by atoms with Gasteiger partial charge < -0.3 is 34.6 Å². The molecule has 3 saturated heterocycles. The zero-order chi connectivity index (χ0) is 41.0. The number of amides is 3. The van der Waals surface area contributed by atoms with Crippen LogP contribution >= 0.6 is 0 Å². The van der Waals surface area contributed by atoms with Crippen LogP contribution < -0.4 is 15.5 Å². The van der Waals surface area contributed by atoms with Crippen LogP contribution in [0.2, 0.25) is 0 Å². The summed E-state index contributed by atoms with van der Waals surface area (Å²) in [5.74, 6) is -1.92. The summed E-state index contributed by atoms with van der Waals surface area (Å²) in [6.07, 6.45) is 3.29. The van der Waals surface area contributed by atoms with Gasteiger partial charge in [-0.3, -0.25) is 9.69 Å². The first-order valence-corrected chi connectivity index (χ1v) is 20.9. The predicted octanol–water partition coefficient (Wildman–Crippen LogP) is 4.21. The molecule has 2 aromatic rings. The maximum Gasteiger partial charge on any atom is 0.407 e. The number of carbonyl (C=O) groups excluding carboxylic acids is 3. The molecule has 57 heavy (non-hydrogen) atoms. The molecule has 1 saturated carbocycles. The zero-order valence-electron chi connectivity index (χ0n) is 32.4. The van der Waals surface area contributed by atoms with Crippen molar-refractivity contribution in [1.82, 2.24) is 20.4 Å². The quantitative estimate of drug-likeness (QED) is 0.299. The van der Waals surface area contributed by atoms with Crippen molar-refractivity contribution < 1.29 is 50.2 Å². The molecule has 0 spiro atoms. The lowest BCUT2D eigenvalue weighted by molar-refractivity contribution is -0.126. The molecule has 4 atom stereocenters. The van der Waals surface area contributed by atoms with E-state index in [0.29, 0.717) is 44.3 Å². The van der Waals surface area contributed by atoms with E-state index in [1.807, 2.05) is 11.0 Å². The predicted molar refractivity (Wildman–Crippen MR) is 205 cm³/mol. The standard InChI is InChI=1S/C40H52F3N5O8S/c1-4-36(49)47-17-18-56-22-31(21-47)57(52,53)30-11-12-35(33(42)20-30)48-25-39(43,26-48)24-46-15-13-27(14-16-46)40(23-44-37(50)54-2,28-7-5-8-29(41)19-28)32-9-6-10-34(32)45-38(51)55-3/h4-5,7-8,11-12,19-20,27,31-32,34H,1,6,9-10,13-18,21-26H2,2-3H3,(H,44,50)(H,45,51)/t31-,32-,34-,40-/m0/s1. The van der Waals surface area contributed by atoms with Gasteiger partial charge >= 0.3 is 12.2 Å². The van der Waals surface area contributed by atoms with Crippen LogP contribution in [0.3, 0.4) is 0 Å². The lowest BCUT2D eigenvalue weighted by Crippen LogP contribution is -2.65. The number of ether oxygens (including phenoxy) is 3. The molecule has 17 heteroatoms. The fourth-order valence-electron chi connectivity index (χ4n) is 9.48. The van der Waals surface area contributed by atoms with Gasteiger partial charge in [0.2, 0.25) is 5.91 Å². The molecule has 4 fully saturated rings. The fourth-order valence-corrected chi connectivity index (χ4v) is 11.0. The topological polar surface area (TPSA) is 147 Å². The third-order valence-corrected chi connectivity index (χ3v) is 14.3. The van der Waals surface area contributed by atoms with Gasteiger partial charge in [-0.2, -0.15) is 0 Å². The van der Waals surface area contributed by atoms with Gasteiger partial charge in [-0.25, -0.2) is 31.2 Å². The van der Waals surface area contributed by atoms with E-state index in [-0.39, 0.29) is 80.9 Å². The van der Waals surface area contributed by atoms with Crippen LogP contribution in [-0.4, -0.2) is 133 Å². The summed E-state index contributed by atoms with van der Waals surface area (Å²) in [4.78, 5) is 41.8. The summed E-state index contributed by atoms with van der Waals surface area (Å²) in [6, 6.07) is 9.64. The monoisotopic (exact) mass is 819 g/mol. The van der Waals surface area contributed by atoms with E-state index in [0.717, 1.165) is 18.6 Å². The largest absolute Gasteiger partial charge is 0.453 e. The minimum absolute atomic E-state index is 0.0891. The summed E-state index contributed by atoms with van der Waals surface area (Å²) < 4.78 is 89.0. The first-order chi connectivity index (χ1) is 27.2. The average Bonchev–Trinajstić information content (AvgIpc) is 3.49. The average molecular weight is 820 g/mol. The third-order valence-electron chi connectivity index (χ3n) is 12.3. The second-order valence-corrected chi connectivity index (χ2v) is 17.8. The molecule has 3 aliphatic heterocycles. The Morgan fingerprint density at radius 3 is 2.42 bits per heavy atom. The molecule has 13 nitrogen and oxygen atoms in total. The Bertz CT molecular complexity index is 1910. The van der Waals surface area contributed by atoms with Crippen molar-refractivity contribution in [2.24, 2.45) is 11.8 Å². The number of benzene rings is 2. The minimum Gasteiger partial charge on any atom is -0.453 e. The zero-order valence-corrected chi connectivity index (χ0v) is 33.2. The molecule has 0 radical (unpaired) electrons. The number of rotatable bonds is 12. The molecule has 2 N–H and O–H groups in total. The number of anilines is 1. The normalized spacial score (nSPS) is 24.1. The van der Waals surface area contributed by atoms with Gasteiger partial charge in [0, 0.05) is 37.6 Å². The van der Waals surface area contributed by atoms with Crippen molar-refractivity contribution in [2.75, 3.05) is 84.7 Å². The number of carbonyl (C=O) groups is 3. The molecule has 4 aliphatic rings. The molecular weight excluding hydrogens is 768 g/mol. The number of piperidine rings is 1. The first-order valence-electron chi connectivity index (χ1n) is 19.3. The van der Waals surface area contributed by atoms with Crippen LogP contribution in [0, 0.1) is 23.5 Å². The number of hydrogen-bond donors (Lipinski definition) is 2. The lowest BCUT2D eigenvalue weighted by Gasteiger charge is -2.52. The Kier molecular flexibility index (Phi) is 13.1. The molecule has 2 aromatic carbocycles. The summed E-state index contributed by atoms with van der Waals surface area (Å²) in [5.41, 5.74) is -1.68. The Hall–Kier alpha value is -4.35. The number of likely N-dealkylation sites (tertiary alicyclic amines) is 1. The Balaban J connectivity index is 1.13. The van der Waals surface area contributed by atoms with Gasteiger partial charge in [-0.15, -0.1) is 0 Å². The van der Waals surface area contributed by atoms with Crippen molar-refractivity contribution in [2.45, 2.75) is 59.4 Å². The number of halogens is 3. The maximum atomic E-state index is 16.3. The molecular formula is C40H52F3N5O8S. The fraction of sp³-hybridized carbons (Fsp3) is 0.575. The van der Waals surface area contributed by atoms with Crippen LogP contribution in [0.4, 0.5) is 28.4 Å². The van der Waals surface area contributed by atoms with Crippen molar-refractivity contribution in [1.29, 1.82) is 0 Å². The number of nitrogens with one attached hydrogen (secondary N) is 2. The number of alkyl halides is 1. The summed E-state index contributed by atoms with van der Waals surface area (Å²) >= 11 is 0. The molecule has 0 unspecified atom stereocenters. The Morgan fingerprint density at radius 2 is 1.75 bits per heavy atom. The number of sulfone groups is 1. The van der Waals surface area contributed by atoms with Gasteiger partial charge in [-0.1, -0.05) is 25.1 Å². The van der Waals surface area contributed by atoms with Crippen LogP contribution in [0.15, 0.2) is 60.0 Å². The van der Waals surface area contributed by atoms with Gasteiger partial charge in [-0.05, 0) is 92.6 Å². The van der Waals surface area contributed by atoms with E-state index in [1.165, 1.54) is 43.4 Å². The Morgan fingerprint density at radius 1 is 1.02 bits per heavy atom. The third kappa shape index (κ3) is 9.04. The van der Waals surface area contributed by atoms with Crippen molar-refractivity contribution in [3.63, 3.8) is 0 Å². The van der Waals surface area contributed by atoms with Gasteiger partial charge in [0.15, 0.2) is 15.5 Å². The first kappa shape index (κ1) is 42.3. The Labute approximate surface area is 331 Å². The molecule has 3 amide bonds. The van der Waals surface area contributed by atoms with E-state index in [4.69, 9.17) is 14.2 Å². The lowest BCUT2D eigenvalue weighted by atomic mass is 9.58. The molecule has 1 aliphatic carbocycles. The second-order valence-electron chi connectivity index (χ2n) is 15.6. The molecule has 0 aromatic heterocycles. The van der Waals surface area contributed by atoms with E-state index in [1.54, 1.807) is 11.0 Å². The van der Waals surface area contributed by atoms with Crippen molar-refractivity contribution >= 4 is 33.6 Å². The summed E-state index contributed by atoms with van der Waals surface area (Å²) in [6.45, 7) is 4.63. The maximum absolute atomic E-state index is 16.3. The smallest absolute Gasteiger partial charge is 0.407 e. The van der Waals surface area contributed by atoms with Gasteiger partial charge in [0.1, 0.15) is 16.9 Å². The van der Waals surface area contributed by atoms with Crippen molar-refractivity contribution in [3.8, 4) is 0 Å². The van der Waals surface area contributed by atoms with E-state index in [2.05, 4.69) is 17.2 Å². The van der Waals surface area contributed by atoms with E-state index < -0.39 is 55.9 Å². The summed E-state index contributed by atoms with van der Waals surface area (Å²) in [5, 5.41) is 4.77. The minimum atomic E-state index is -4.08. The van der Waals surface area contributed by atoms with E-state index >= 15 is 8.78 Å². The second kappa shape index (κ2) is 17.6. The highest BCUT2D eigenvalue weighted by molar-refractivity contribution is 7.92. The van der Waals surface area contributed by atoms with Crippen LogP contribution in [-0.2, 0) is 34.3 Å². The van der Waals surface area contributed by atoms with Crippen LogP contribution in [0.25, 0.3) is 0 Å². The number of hydrogen-bond acceptors (Lipinski definition) is 10.